The number of nitrogens with zero attached hydrogens (tertiary/aromatic N) is 1. The number of hydrogen-bond acceptors (Lipinski definition) is 5. The summed E-state index contributed by atoms with van der Waals surface area (Å²) < 4.78 is 18.0. The van der Waals surface area contributed by atoms with Gasteiger partial charge in [0.15, 0.2) is 6.61 Å². The molecule has 1 N–H and O–H groups in total. The maximum atomic E-state index is 12.9. The first kappa shape index (κ1) is 21.2. The van der Waals surface area contributed by atoms with Crippen molar-refractivity contribution in [3.8, 4) is 0 Å². The molecule has 156 valence electrons. The fraction of sp³-hybridized carbons (Fsp3) is 0.273. The predicted octanol–water partition coefficient (Wildman–Crippen LogP) is 3.16. The molecule has 0 bridgehead atoms. The fourth-order valence-electron chi connectivity index (χ4n) is 3.20. The van der Waals surface area contributed by atoms with E-state index in [1.54, 1.807) is 12.1 Å². The molecule has 1 atom stereocenters. The molecule has 0 saturated carbocycles. The minimum Gasteiger partial charge on any atom is -0.454 e. The summed E-state index contributed by atoms with van der Waals surface area (Å²) in [6.07, 6.45) is 1.58. The van der Waals surface area contributed by atoms with Crippen LogP contribution in [0.5, 0.6) is 0 Å². The van der Waals surface area contributed by atoms with Gasteiger partial charge in [0.1, 0.15) is 11.9 Å². The van der Waals surface area contributed by atoms with Crippen molar-refractivity contribution >= 4 is 29.4 Å². The van der Waals surface area contributed by atoms with E-state index in [4.69, 9.17) is 4.74 Å². The van der Waals surface area contributed by atoms with Crippen molar-refractivity contribution in [1.82, 2.24) is 4.90 Å². The highest BCUT2D eigenvalue weighted by atomic mass is 19.1. The van der Waals surface area contributed by atoms with Gasteiger partial charge in [0.25, 0.3) is 17.7 Å². The van der Waals surface area contributed by atoms with E-state index in [9.17, 15) is 23.6 Å². The quantitative estimate of drug-likeness (QED) is 0.531. The highest BCUT2D eigenvalue weighted by Crippen LogP contribution is 2.26. The summed E-state index contributed by atoms with van der Waals surface area (Å²) in [5, 5.41) is 2.48. The van der Waals surface area contributed by atoms with Crippen molar-refractivity contribution in [2.45, 2.75) is 32.2 Å². The number of hydrogen-bond donors (Lipinski definition) is 1. The number of benzene rings is 2. The van der Waals surface area contributed by atoms with Crippen molar-refractivity contribution < 1.29 is 28.3 Å². The molecule has 1 aliphatic heterocycles. The number of nitrogens with one attached hydrogen (secondary N) is 1. The Morgan fingerprint density at radius 1 is 1.03 bits per heavy atom. The Kier molecular flexibility index (Phi) is 6.56. The molecule has 3 rings (SSSR count). The highest BCUT2D eigenvalue weighted by molar-refractivity contribution is 6.22. The average Bonchev–Trinajstić information content (AvgIpc) is 2.99. The normalized spacial score (nSPS) is 13.7. The van der Waals surface area contributed by atoms with Crippen molar-refractivity contribution in [2.24, 2.45) is 0 Å². The molecule has 0 spiro atoms. The maximum Gasteiger partial charge on any atom is 0.329 e. The number of rotatable bonds is 8. The van der Waals surface area contributed by atoms with Gasteiger partial charge in [-0.3, -0.25) is 19.3 Å². The summed E-state index contributed by atoms with van der Waals surface area (Å²) in [7, 11) is 0. The van der Waals surface area contributed by atoms with Gasteiger partial charge < -0.3 is 10.1 Å². The number of carbonyl (C=O) groups is 4. The minimum absolute atomic E-state index is 0.236. The zero-order chi connectivity index (χ0) is 21.7. The zero-order valence-electron chi connectivity index (χ0n) is 16.4. The maximum absolute atomic E-state index is 12.9. The molecule has 0 saturated heterocycles. The van der Waals surface area contributed by atoms with E-state index in [-0.39, 0.29) is 17.5 Å². The topological polar surface area (TPSA) is 92.8 Å². The lowest BCUT2D eigenvalue weighted by Crippen LogP contribution is -2.46. The average molecular weight is 412 g/mol. The zero-order valence-corrected chi connectivity index (χ0v) is 16.4. The smallest absolute Gasteiger partial charge is 0.329 e. The second-order valence-corrected chi connectivity index (χ2v) is 6.85. The molecule has 7 nitrogen and oxygen atoms in total. The van der Waals surface area contributed by atoms with E-state index in [2.05, 4.69) is 5.32 Å². The molecular formula is C22H21FN2O5. The lowest BCUT2D eigenvalue weighted by molar-refractivity contribution is -0.151. The van der Waals surface area contributed by atoms with Crippen LogP contribution in [0.3, 0.4) is 0 Å². The summed E-state index contributed by atoms with van der Waals surface area (Å²) in [5.74, 6) is -2.99. The molecule has 8 heteroatoms. The number of anilines is 1. The van der Waals surface area contributed by atoms with Crippen molar-refractivity contribution in [2.75, 3.05) is 11.9 Å². The van der Waals surface area contributed by atoms with Crippen molar-refractivity contribution in [3.63, 3.8) is 0 Å². The summed E-state index contributed by atoms with van der Waals surface area (Å²) in [4.78, 5) is 51.1. The summed E-state index contributed by atoms with van der Waals surface area (Å²) in [5.41, 5.74) is 0.831. The van der Waals surface area contributed by atoms with E-state index < -0.39 is 42.2 Å². The lowest BCUT2D eigenvalue weighted by atomic mass is 10.1. The Hall–Kier alpha value is -3.55. The number of fused-ring (bicyclic) bond motifs is 1. The van der Waals surface area contributed by atoms with Crippen LogP contribution in [0.15, 0.2) is 48.5 Å². The Morgan fingerprint density at radius 3 is 2.20 bits per heavy atom. The van der Waals surface area contributed by atoms with E-state index in [0.717, 1.165) is 11.3 Å². The van der Waals surface area contributed by atoms with Crippen LogP contribution in [-0.2, 0) is 14.3 Å². The third-order valence-electron chi connectivity index (χ3n) is 4.71. The molecule has 1 heterocycles. The molecule has 2 aromatic rings. The Balaban J connectivity index is 1.67. The van der Waals surface area contributed by atoms with E-state index in [1.807, 2.05) is 6.92 Å². The number of ether oxygens (including phenoxy) is 1. The van der Waals surface area contributed by atoms with Gasteiger partial charge in [0.2, 0.25) is 0 Å². The van der Waals surface area contributed by atoms with Crippen LogP contribution in [-0.4, -0.2) is 41.2 Å². The largest absolute Gasteiger partial charge is 0.454 e. The van der Waals surface area contributed by atoms with Crippen LogP contribution in [0.4, 0.5) is 10.1 Å². The molecule has 0 fully saturated rings. The van der Waals surface area contributed by atoms with Crippen LogP contribution in [0.25, 0.3) is 0 Å². The second kappa shape index (κ2) is 9.30. The van der Waals surface area contributed by atoms with Crippen LogP contribution >= 0.6 is 0 Å². The van der Waals surface area contributed by atoms with Gasteiger partial charge in [0, 0.05) is 5.69 Å². The second-order valence-electron chi connectivity index (χ2n) is 6.85. The first-order valence-electron chi connectivity index (χ1n) is 9.61. The van der Waals surface area contributed by atoms with Gasteiger partial charge in [-0.2, -0.15) is 0 Å². The number of imide groups is 1. The van der Waals surface area contributed by atoms with E-state index in [1.165, 1.54) is 36.4 Å². The van der Waals surface area contributed by atoms with Crippen LogP contribution < -0.4 is 5.32 Å². The van der Waals surface area contributed by atoms with Gasteiger partial charge >= 0.3 is 5.97 Å². The number of halogens is 1. The molecule has 30 heavy (non-hydrogen) atoms. The third kappa shape index (κ3) is 4.53. The standard InChI is InChI=1S/C22H21FN2O5/c1-2-3-8-18(25-20(27)16-6-4-5-7-17(16)21(25)28)22(29)30-13-19(26)24-15-11-9-14(23)10-12-15/h4-7,9-12,18H,2-3,8,13H2,1H3,(H,24,26)/t18-/m1/s1. The number of amides is 3. The molecule has 2 aromatic carbocycles. The summed E-state index contributed by atoms with van der Waals surface area (Å²) in [6, 6.07) is 10.4. The molecule has 0 radical (unpaired) electrons. The highest BCUT2D eigenvalue weighted by Gasteiger charge is 2.43. The number of unbranched alkanes of at least 4 members (excludes halogenated alkanes) is 1. The van der Waals surface area contributed by atoms with Gasteiger partial charge in [0.05, 0.1) is 11.1 Å². The molecule has 3 amide bonds. The van der Waals surface area contributed by atoms with Crippen LogP contribution in [0.1, 0.15) is 46.9 Å². The van der Waals surface area contributed by atoms with E-state index in [0.29, 0.717) is 12.1 Å². The Morgan fingerprint density at radius 2 is 1.63 bits per heavy atom. The fourth-order valence-corrected chi connectivity index (χ4v) is 3.20. The van der Waals surface area contributed by atoms with Crippen LogP contribution in [0, 0.1) is 5.82 Å². The SMILES string of the molecule is CCCC[C@H](C(=O)OCC(=O)Nc1ccc(F)cc1)N1C(=O)c2ccccc2C1=O. The Labute approximate surface area is 172 Å². The molecule has 1 aliphatic rings. The monoisotopic (exact) mass is 412 g/mol. The Bertz CT molecular complexity index is 939. The first-order chi connectivity index (χ1) is 14.4. The number of carbonyl (C=O) groups excluding carboxylic acids is 4. The summed E-state index contributed by atoms with van der Waals surface area (Å²) >= 11 is 0. The van der Waals surface area contributed by atoms with Crippen molar-refractivity contribution in [3.05, 3.63) is 65.5 Å². The van der Waals surface area contributed by atoms with Crippen LogP contribution in [0.2, 0.25) is 0 Å². The van der Waals surface area contributed by atoms with Crippen molar-refractivity contribution in [1.29, 1.82) is 0 Å². The van der Waals surface area contributed by atoms with Gasteiger partial charge in [-0.15, -0.1) is 0 Å². The van der Waals surface area contributed by atoms with Gasteiger partial charge in [-0.05, 0) is 42.8 Å². The summed E-state index contributed by atoms with van der Waals surface area (Å²) in [6.45, 7) is 1.32. The first-order valence-corrected chi connectivity index (χ1v) is 9.61. The lowest BCUT2D eigenvalue weighted by Gasteiger charge is -2.24. The van der Waals surface area contributed by atoms with E-state index >= 15 is 0 Å². The molecule has 0 aliphatic carbocycles. The molecular weight excluding hydrogens is 391 g/mol. The molecule has 0 unspecified atom stereocenters. The van der Waals surface area contributed by atoms with Gasteiger partial charge in [-0.25, -0.2) is 9.18 Å². The molecule has 0 aromatic heterocycles. The van der Waals surface area contributed by atoms with Gasteiger partial charge in [-0.1, -0.05) is 31.9 Å². The predicted molar refractivity (Wildman–Crippen MR) is 106 cm³/mol. The third-order valence-corrected chi connectivity index (χ3v) is 4.71. The number of esters is 1. The minimum atomic E-state index is -1.11.